The van der Waals surface area contributed by atoms with Crippen LogP contribution < -0.4 is 15.4 Å². The number of para-hydroxylation sites is 1. The Bertz CT molecular complexity index is 1590. The summed E-state index contributed by atoms with van der Waals surface area (Å²) in [6, 6.07) is 20.2. The molecule has 2 heterocycles. The summed E-state index contributed by atoms with van der Waals surface area (Å²) < 4.78 is 7.90. The van der Waals surface area contributed by atoms with Gasteiger partial charge in [0.05, 0.1) is 5.57 Å². The fourth-order valence-corrected chi connectivity index (χ4v) is 5.61. The van der Waals surface area contributed by atoms with Gasteiger partial charge in [-0.1, -0.05) is 78.3 Å². The Morgan fingerprint density at radius 1 is 1.10 bits per heavy atom. The normalized spacial score (nSPS) is 14.5. The lowest BCUT2D eigenvalue weighted by Crippen LogP contribution is -2.31. The minimum absolute atomic E-state index is 0.215. The summed E-state index contributed by atoms with van der Waals surface area (Å²) in [7, 11) is 0. The van der Waals surface area contributed by atoms with Crippen molar-refractivity contribution in [2.24, 2.45) is 0 Å². The molecule has 2 N–H and O–H groups in total. The largest absolute Gasteiger partial charge is 0.489 e. The number of ether oxygens (including phenoxy) is 1. The summed E-state index contributed by atoms with van der Waals surface area (Å²) in [6.07, 6.45) is 1.00. The van der Waals surface area contributed by atoms with E-state index in [1.54, 1.807) is 28.6 Å². The minimum Gasteiger partial charge on any atom is -0.489 e. The van der Waals surface area contributed by atoms with Crippen molar-refractivity contribution in [1.29, 1.82) is 0 Å². The Hall–Kier alpha value is -3.46. The first-order chi connectivity index (χ1) is 19.3. The zero-order valence-corrected chi connectivity index (χ0v) is 24.7. The smallest absolute Gasteiger partial charge is 0.255 e. The Labute approximate surface area is 247 Å². The molecular formula is C30H29Cl2N5O2S. The number of hydrogen-bond donors (Lipinski definition) is 2. The molecule has 1 aromatic heterocycles. The Kier molecular flexibility index (Phi) is 8.69. The number of fused-ring (bicyclic) bond motifs is 1. The number of anilines is 2. The van der Waals surface area contributed by atoms with Gasteiger partial charge in [-0.15, -0.1) is 5.10 Å². The van der Waals surface area contributed by atoms with Crippen molar-refractivity contribution in [1.82, 2.24) is 14.8 Å². The van der Waals surface area contributed by atoms with Crippen LogP contribution in [0.25, 0.3) is 0 Å². The van der Waals surface area contributed by atoms with E-state index < -0.39 is 6.04 Å². The van der Waals surface area contributed by atoms with Gasteiger partial charge in [-0.2, -0.15) is 4.98 Å². The number of thioether (sulfide) groups is 1. The molecular weight excluding hydrogens is 565 g/mol. The number of carbonyl (C=O) groups is 1. The number of halogens is 2. The molecule has 1 aliphatic rings. The minimum atomic E-state index is -0.522. The van der Waals surface area contributed by atoms with E-state index >= 15 is 0 Å². The summed E-state index contributed by atoms with van der Waals surface area (Å²) in [5.41, 5.74) is 4.66. The topological polar surface area (TPSA) is 81.1 Å². The van der Waals surface area contributed by atoms with Crippen molar-refractivity contribution < 1.29 is 9.53 Å². The second-order valence-electron chi connectivity index (χ2n) is 9.44. The molecule has 3 aromatic carbocycles. The van der Waals surface area contributed by atoms with E-state index in [4.69, 9.17) is 38.0 Å². The zero-order chi connectivity index (χ0) is 28.2. The van der Waals surface area contributed by atoms with E-state index in [0.717, 1.165) is 34.6 Å². The molecule has 0 spiro atoms. The monoisotopic (exact) mass is 593 g/mol. The molecule has 0 aliphatic carbocycles. The SMILES string of the molecule is CCCSc1nc2n(n1)C(c1cccc(OCc3ccc(Cl)cc3Cl)c1)C(C(=O)Nc1ccccc1C)=C(C)N2. The molecule has 1 amide bonds. The van der Waals surface area contributed by atoms with Gasteiger partial charge >= 0.3 is 0 Å². The van der Waals surface area contributed by atoms with Crippen molar-refractivity contribution in [3.8, 4) is 5.75 Å². The highest BCUT2D eigenvalue weighted by Crippen LogP contribution is 2.38. The lowest BCUT2D eigenvalue weighted by molar-refractivity contribution is -0.113. The first-order valence-corrected chi connectivity index (χ1v) is 14.7. The van der Waals surface area contributed by atoms with Crippen molar-refractivity contribution in [2.45, 2.75) is 45.0 Å². The van der Waals surface area contributed by atoms with Gasteiger partial charge in [0.15, 0.2) is 0 Å². The predicted octanol–water partition coefficient (Wildman–Crippen LogP) is 7.90. The molecule has 206 valence electrons. The Balaban J connectivity index is 1.50. The maximum Gasteiger partial charge on any atom is 0.255 e. The third-order valence-corrected chi connectivity index (χ3v) is 8.12. The number of benzene rings is 3. The van der Waals surface area contributed by atoms with E-state index in [9.17, 15) is 4.79 Å². The maximum absolute atomic E-state index is 13.8. The summed E-state index contributed by atoms with van der Waals surface area (Å²) in [6.45, 7) is 6.24. The highest BCUT2D eigenvalue weighted by atomic mass is 35.5. The quantitative estimate of drug-likeness (QED) is 0.192. The van der Waals surface area contributed by atoms with Crippen molar-refractivity contribution in [3.63, 3.8) is 0 Å². The predicted molar refractivity (Wildman–Crippen MR) is 163 cm³/mol. The lowest BCUT2D eigenvalue weighted by Gasteiger charge is -2.29. The van der Waals surface area contributed by atoms with Crippen LogP contribution in [-0.2, 0) is 11.4 Å². The molecule has 4 aromatic rings. The average molecular weight is 595 g/mol. The molecule has 1 aliphatic heterocycles. The molecule has 0 radical (unpaired) electrons. The van der Waals surface area contributed by atoms with Crippen LogP contribution in [0.3, 0.4) is 0 Å². The molecule has 40 heavy (non-hydrogen) atoms. The zero-order valence-electron chi connectivity index (χ0n) is 22.4. The van der Waals surface area contributed by atoms with Crippen LogP contribution in [0.15, 0.2) is 83.2 Å². The van der Waals surface area contributed by atoms with E-state index in [2.05, 4.69) is 17.6 Å². The maximum atomic E-state index is 13.8. The third-order valence-electron chi connectivity index (χ3n) is 6.49. The molecule has 1 atom stereocenters. The number of hydrogen-bond acceptors (Lipinski definition) is 6. The number of nitrogens with zero attached hydrogens (tertiary/aromatic N) is 3. The molecule has 0 saturated heterocycles. The number of allylic oxidation sites excluding steroid dienone is 1. The first-order valence-electron chi connectivity index (χ1n) is 12.9. The van der Waals surface area contributed by atoms with Crippen molar-refractivity contribution in [2.75, 3.05) is 16.4 Å². The van der Waals surface area contributed by atoms with Gasteiger partial charge in [-0.3, -0.25) is 4.79 Å². The standard InChI is InChI=1S/C30H29Cl2N5O2S/c1-4-14-40-30-35-29-33-19(3)26(28(38)34-25-11-6-5-8-18(25)2)27(37(29)36-30)20-9-7-10-23(15-20)39-17-21-12-13-22(31)16-24(21)32/h5-13,15-16,27H,4,14,17H2,1-3H3,(H,34,38)(H,33,35,36). The molecule has 10 heteroatoms. The summed E-state index contributed by atoms with van der Waals surface area (Å²) >= 11 is 14.0. The second-order valence-corrected chi connectivity index (χ2v) is 11.3. The van der Waals surface area contributed by atoms with Gasteiger partial charge in [0.1, 0.15) is 18.4 Å². The van der Waals surface area contributed by atoms with Crippen LogP contribution in [0.4, 0.5) is 11.6 Å². The van der Waals surface area contributed by atoms with Crippen molar-refractivity contribution >= 4 is 52.5 Å². The number of nitrogens with one attached hydrogen (secondary N) is 2. The number of aromatic nitrogens is 3. The molecule has 1 unspecified atom stereocenters. The fraction of sp³-hybridized carbons (Fsp3) is 0.233. The number of amides is 1. The van der Waals surface area contributed by atoms with Gasteiger partial charge in [-0.25, -0.2) is 4.68 Å². The third kappa shape index (κ3) is 6.14. The number of aryl methyl sites for hydroxylation is 1. The second kappa shape index (κ2) is 12.4. The van der Waals surface area contributed by atoms with Gasteiger partial charge in [0, 0.05) is 32.7 Å². The highest BCUT2D eigenvalue weighted by molar-refractivity contribution is 7.99. The number of carbonyl (C=O) groups excluding carboxylic acids is 1. The van der Waals surface area contributed by atoms with Crippen LogP contribution in [0, 0.1) is 6.92 Å². The summed E-state index contributed by atoms with van der Waals surface area (Å²) in [4.78, 5) is 18.5. The van der Waals surface area contributed by atoms with Crippen LogP contribution in [-0.4, -0.2) is 26.4 Å². The highest BCUT2D eigenvalue weighted by Gasteiger charge is 2.34. The number of rotatable bonds is 9. The average Bonchev–Trinajstić information content (AvgIpc) is 3.34. The van der Waals surface area contributed by atoms with Gasteiger partial charge in [0.2, 0.25) is 11.1 Å². The molecule has 0 bridgehead atoms. The van der Waals surface area contributed by atoms with Gasteiger partial charge in [-0.05, 0) is 61.7 Å². The van der Waals surface area contributed by atoms with Gasteiger partial charge in [0.25, 0.3) is 5.91 Å². The summed E-state index contributed by atoms with van der Waals surface area (Å²) in [5.74, 6) is 1.92. The first kappa shape index (κ1) is 28.1. The van der Waals surface area contributed by atoms with Crippen LogP contribution in [0.2, 0.25) is 10.0 Å². The van der Waals surface area contributed by atoms with E-state index in [0.29, 0.717) is 38.2 Å². The molecule has 7 nitrogen and oxygen atoms in total. The van der Waals surface area contributed by atoms with E-state index in [1.807, 2.05) is 68.4 Å². The van der Waals surface area contributed by atoms with Crippen molar-refractivity contribution in [3.05, 3.63) is 105 Å². The molecule has 0 fully saturated rings. The van der Waals surface area contributed by atoms with E-state index in [-0.39, 0.29) is 12.5 Å². The van der Waals surface area contributed by atoms with Crippen LogP contribution in [0.5, 0.6) is 5.75 Å². The fourth-order valence-electron chi connectivity index (χ4n) is 4.47. The lowest BCUT2D eigenvalue weighted by atomic mass is 9.94. The Morgan fingerprint density at radius 2 is 1.93 bits per heavy atom. The van der Waals surface area contributed by atoms with Crippen LogP contribution in [0.1, 0.15) is 43.0 Å². The molecule has 0 saturated carbocycles. The van der Waals surface area contributed by atoms with E-state index in [1.165, 1.54) is 0 Å². The molecule has 5 rings (SSSR count). The van der Waals surface area contributed by atoms with Crippen LogP contribution >= 0.6 is 35.0 Å². The Morgan fingerprint density at radius 3 is 2.70 bits per heavy atom. The summed E-state index contributed by atoms with van der Waals surface area (Å²) in [5, 5.41) is 13.0. The van der Waals surface area contributed by atoms with Gasteiger partial charge < -0.3 is 15.4 Å².